The predicted octanol–water partition coefficient (Wildman–Crippen LogP) is 2.01. The summed E-state index contributed by atoms with van der Waals surface area (Å²) in [7, 11) is 0. The molecule has 0 unspecified atom stereocenters. The van der Waals surface area contributed by atoms with Crippen molar-refractivity contribution in [3.8, 4) is 0 Å². The molecule has 0 aliphatic rings. The van der Waals surface area contributed by atoms with E-state index in [0.717, 1.165) is 5.56 Å². The monoisotopic (exact) mass is 338 g/mol. The van der Waals surface area contributed by atoms with Crippen LogP contribution in [0.25, 0.3) is 0 Å². The Morgan fingerprint density at radius 2 is 2.27 bits per heavy atom. The van der Waals surface area contributed by atoms with Crippen molar-refractivity contribution < 1.29 is 0 Å². The van der Waals surface area contributed by atoms with Crippen LogP contribution in [0, 0.1) is 0 Å². The van der Waals surface area contributed by atoms with Crippen molar-refractivity contribution in [2.75, 3.05) is 5.73 Å². The Kier molecular flexibility index (Phi) is 5.00. The van der Waals surface area contributed by atoms with Crippen LogP contribution in [-0.4, -0.2) is 5.01 Å². The van der Waals surface area contributed by atoms with Crippen molar-refractivity contribution in [3.63, 3.8) is 0 Å². The fraction of sp³-hybridized carbons (Fsp3) is 0.111. The number of nitrogens with one attached hydrogen (secondary N) is 1. The van der Waals surface area contributed by atoms with Crippen LogP contribution in [0.15, 0.2) is 30.6 Å². The lowest BCUT2D eigenvalue weighted by molar-refractivity contribution is 0.359. The van der Waals surface area contributed by atoms with Crippen LogP contribution in [0.2, 0.25) is 5.02 Å². The maximum Gasteiger partial charge on any atom is 0.0617 e. The minimum atomic E-state index is 0.625. The van der Waals surface area contributed by atoms with Gasteiger partial charge < -0.3 is 16.5 Å². The summed E-state index contributed by atoms with van der Waals surface area (Å²) >= 11 is 7.82. The quantitative estimate of drug-likeness (QED) is 0.340. The Morgan fingerprint density at radius 3 is 2.80 bits per heavy atom. The standard InChI is InChI=1S/C9H12ClIN4/c10-8-2-1-7(9(13)5-8)6-15(14-11)4-3-12/h1-5,14H,6,12-13H2/b4-3-. The molecule has 5 N–H and O–H groups in total. The third-order valence-corrected chi connectivity index (χ3v) is 2.68. The Balaban J connectivity index is 2.79. The summed E-state index contributed by atoms with van der Waals surface area (Å²) in [4.78, 5) is 0. The SMILES string of the molecule is N/C=C\N(Cc1ccc(Cl)cc1N)NI. The third-order valence-electron chi connectivity index (χ3n) is 1.82. The van der Waals surface area contributed by atoms with Crippen LogP contribution in [0.3, 0.4) is 0 Å². The zero-order valence-corrected chi connectivity index (χ0v) is 10.9. The van der Waals surface area contributed by atoms with Gasteiger partial charge in [0.1, 0.15) is 0 Å². The van der Waals surface area contributed by atoms with E-state index in [4.69, 9.17) is 23.1 Å². The Bertz CT molecular complexity index is 356. The average molecular weight is 339 g/mol. The minimum Gasteiger partial charge on any atom is -0.403 e. The summed E-state index contributed by atoms with van der Waals surface area (Å²) in [5, 5.41) is 2.44. The highest BCUT2D eigenvalue weighted by molar-refractivity contribution is 14.1. The number of nitrogens with zero attached hydrogens (tertiary/aromatic N) is 1. The van der Waals surface area contributed by atoms with Gasteiger partial charge in [-0.25, -0.2) is 0 Å². The van der Waals surface area contributed by atoms with Crippen LogP contribution >= 0.6 is 34.5 Å². The van der Waals surface area contributed by atoms with E-state index in [1.54, 1.807) is 17.3 Å². The number of halogens is 2. The summed E-state index contributed by atoms with van der Waals surface area (Å²) in [6.45, 7) is 0.625. The van der Waals surface area contributed by atoms with E-state index in [1.807, 2.05) is 35.0 Å². The highest BCUT2D eigenvalue weighted by Crippen LogP contribution is 2.19. The number of nitrogen functional groups attached to an aromatic ring is 1. The van der Waals surface area contributed by atoms with Crippen LogP contribution in [0.5, 0.6) is 0 Å². The fourth-order valence-corrected chi connectivity index (χ4v) is 1.62. The molecule has 1 rings (SSSR count). The zero-order valence-electron chi connectivity index (χ0n) is 7.95. The summed E-state index contributed by atoms with van der Waals surface area (Å²) < 4.78 is 2.94. The topological polar surface area (TPSA) is 67.3 Å². The lowest BCUT2D eigenvalue weighted by Gasteiger charge is -2.18. The molecule has 6 heteroatoms. The molecular weight excluding hydrogens is 326 g/mol. The highest BCUT2D eigenvalue weighted by atomic mass is 127. The molecule has 0 saturated carbocycles. The highest BCUT2D eigenvalue weighted by Gasteiger charge is 2.03. The van der Waals surface area contributed by atoms with Crippen molar-refractivity contribution in [1.82, 2.24) is 8.65 Å². The van der Waals surface area contributed by atoms with Crippen molar-refractivity contribution >= 4 is 40.2 Å². The van der Waals surface area contributed by atoms with Gasteiger partial charge in [0.05, 0.1) is 6.54 Å². The second kappa shape index (κ2) is 6.04. The Morgan fingerprint density at radius 1 is 1.53 bits per heavy atom. The summed E-state index contributed by atoms with van der Waals surface area (Å²) in [5.74, 6) is 0. The normalized spacial score (nSPS) is 10.8. The van der Waals surface area contributed by atoms with Gasteiger partial charge in [-0.2, -0.15) is 3.64 Å². The van der Waals surface area contributed by atoms with Crippen molar-refractivity contribution in [2.24, 2.45) is 5.73 Å². The summed E-state index contributed by atoms with van der Waals surface area (Å²) in [6.07, 6.45) is 3.18. The van der Waals surface area contributed by atoms with Crippen LogP contribution in [-0.2, 0) is 6.54 Å². The molecule has 0 atom stereocenters. The van der Waals surface area contributed by atoms with E-state index in [1.165, 1.54) is 6.20 Å². The molecule has 0 spiro atoms. The fourth-order valence-electron chi connectivity index (χ4n) is 1.11. The number of hydrogen-bond acceptors (Lipinski definition) is 4. The first kappa shape index (κ1) is 12.4. The van der Waals surface area contributed by atoms with E-state index in [-0.39, 0.29) is 0 Å². The molecule has 0 aliphatic heterocycles. The van der Waals surface area contributed by atoms with Gasteiger partial charge in [-0.3, -0.25) is 0 Å². The van der Waals surface area contributed by atoms with E-state index in [2.05, 4.69) is 3.64 Å². The molecule has 1 aromatic carbocycles. The van der Waals surface area contributed by atoms with Gasteiger partial charge in [0.15, 0.2) is 0 Å². The van der Waals surface area contributed by atoms with Gasteiger partial charge in [0.25, 0.3) is 0 Å². The van der Waals surface area contributed by atoms with Crippen LogP contribution < -0.4 is 15.1 Å². The van der Waals surface area contributed by atoms with E-state index >= 15 is 0 Å². The van der Waals surface area contributed by atoms with Crippen molar-refractivity contribution in [1.29, 1.82) is 0 Å². The molecule has 0 heterocycles. The Labute approximate surface area is 108 Å². The molecule has 0 saturated heterocycles. The molecule has 4 nitrogen and oxygen atoms in total. The predicted molar refractivity (Wildman–Crippen MR) is 71.9 cm³/mol. The number of benzene rings is 1. The first-order valence-corrected chi connectivity index (χ1v) is 5.68. The number of nitrogens with two attached hydrogens (primary N) is 2. The van der Waals surface area contributed by atoms with Crippen molar-refractivity contribution in [3.05, 3.63) is 41.2 Å². The molecule has 0 bridgehead atoms. The lowest BCUT2D eigenvalue weighted by atomic mass is 10.2. The summed E-state index contributed by atoms with van der Waals surface area (Å²) in [5.41, 5.74) is 12.8. The molecule has 0 aliphatic carbocycles. The molecule has 82 valence electrons. The molecule has 1 aromatic rings. The maximum atomic E-state index is 5.82. The lowest BCUT2D eigenvalue weighted by Crippen LogP contribution is -2.25. The van der Waals surface area contributed by atoms with E-state index < -0.39 is 0 Å². The number of hydrogen-bond donors (Lipinski definition) is 3. The zero-order chi connectivity index (χ0) is 11.3. The van der Waals surface area contributed by atoms with Crippen LogP contribution in [0.4, 0.5) is 5.69 Å². The molecule has 0 fully saturated rings. The largest absolute Gasteiger partial charge is 0.403 e. The van der Waals surface area contributed by atoms with Gasteiger partial charge in [0.2, 0.25) is 0 Å². The third kappa shape index (κ3) is 3.77. The number of hydrazine groups is 1. The first-order valence-electron chi connectivity index (χ1n) is 4.22. The Hall–Kier alpha value is -0.660. The van der Waals surface area contributed by atoms with E-state index in [9.17, 15) is 0 Å². The van der Waals surface area contributed by atoms with Gasteiger partial charge in [0, 0.05) is 46.0 Å². The van der Waals surface area contributed by atoms with E-state index in [0.29, 0.717) is 17.3 Å². The minimum absolute atomic E-state index is 0.625. The number of anilines is 1. The second-order valence-electron chi connectivity index (χ2n) is 2.90. The van der Waals surface area contributed by atoms with Gasteiger partial charge in [-0.05, 0) is 17.7 Å². The van der Waals surface area contributed by atoms with Gasteiger partial charge in [-0.1, -0.05) is 17.7 Å². The van der Waals surface area contributed by atoms with Gasteiger partial charge >= 0.3 is 0 Å². The maximum absolute atomic E-state index is 5.82. The molecule has 0 aromatic heterocycles. The first-order chi connectivity index (χ1) is 7.17. The molecular formula is C9H12ClIN4. The molecule has 0 radical (unpaired) electrons. The smallest absolute Gasteiger partial charge is 0.0617 e. The van der Waals surface area contributed by atoms with Crippen LogP contribution in [0.1, 0.15) is 5.56 Å². The molecule has 15 heavy (non-hydrogen) atoms. The average Bonchev–Trinajstić information content (AvgIpc) is 2.21. The molecule has 0 amide bonds. The second-order valence-corrected chi connectivity index (χ2v) is 3.82. The summed E-state index contributed by atoms with van der Waals surface area (Å²) in [6, 6.07) is 5.43. The van der Waals surface area contributed by atoms with Gasteiger partial charge in [-0.15, -0.1) is 0 Å². The number of rotatable bonds is 4. The van der Waals surface area contributed by atoms with Crippen molar-refractivity contribution in [2.45, 2.75) is 6.54 Å².